The second-order valence-corrected chi connectivity index (χ2v) is 3.16. The Kier molecular flexibility index (Phi) is 2.00. The second-order valence-electron chi connectivity index (χ2n) is 3.16. The van der Waals surface area contributed by atoms with E-state index in [0.29, 0.717) is 11.4 Å². The van der Waals surface area contributed by atoms with Crippen molar-refractivity contribution in [2.45, 2.75) is 6.92 Å². The summed E-state index contributed by atoms with van der Waals surface area (Å²) in [7, 11) is 1.61. The number of nitrogen functional groups attached to an aromatic ring is 1. The maximum absolute atomic E-state index is 5.97. The second kappa shape index (κ2) is 3.18. The van der Waals surface area contributed by atoms with Crippen LogP contribution in [0, 0.1) is 6.92 Å². The average Bonchev–Trinajstić information content (AvgIpc) is 2.18. The van der Waals surface area contributed by atoms with Crippen molar-refractivity contribution in [3.05, 3.63) is 30.0 Å². The first-order valence-corrected chi connectivity index (χ1v) is 4.43. The van der Waals surface area contributed by atoms with E-state index in [4.69, 9.17) is 10.5 Å². The molecule has 0 spiro atoms. The summed E-state index contributed by atoms with van der Waals surface area (Å²) in [5.41, 5.74) is 8.36. The zero-order valence-corrected chi connectivity index (χ0v) is 8.24. The molecular weight excluding hydrogens is 176 g/mol. The number of pyridine rings is 1. The Labute approximate surface area is 82.5 Å². The third-order valence-corrected chi connectivity index (χ3v) is 2.26. The average molecular weight is 188 g/mol. The van der Waals surface area contributed by atoms with Gasteiger partial charge in [-0.05, 0) is 13.0 Å². The van der Waals surface area contributed by atoms with Gasteiger partial charge < -0.3 is 10.5 Å². The predicted molar refractivity (Wildman–Crippen MR) is 57.4 cm³/mol. The van der Waals surface area contributed by atoms with Crippen molar-refractivity contribution in [2.75, 3.05) is 12.8 Å². The fraction of sp³-hybridized carbons (Fsp3) is 0.182. The van der Waals surface area contributed by atoms with Gasteiger partial charge in [0.25, 0.3) is 0 Å². The molecule has 1 heterocycles. The zero-order chi connectivity index (χ0) is 10.1. The third-order valence-electron chi connectivity index (χ3n) is 2.26. The molecule has 0 aliphatic heterocycles. The van der Waals surface area contributed by atoms with E-state index in [2.05, 4.69) is 4.98 Å². The molecule has 0 radical (unpaired) electrons. The molecule has 2 rings (SSSR count). The molecule has 0 saturated carbocycles. The first-order chi connectivity index (χ1) is 6.74. The monoisotopic (exact) mass is 188 g/mol. The number of para-hydroxylation sites is 1. The molecule has 2 N–H and O–H groups in total. The smallest absolute Gasteiger partial charge is 0.163 e. The highest BCUT2D eigenvalue weighted by molar-refractivity contribution is 5.93. The molecule has 72 valence electrons. The summed E-state index contributed by atoms with van der Waals surface area (Å²) < 4.78 is 5.20. The number of rotatable bonds is 1. The number of hydrogen-bond donors (Lipinski definition) is 1. The lowest BCUT2D eigenvalue weighted by atomic mass is 10.1. The molecule has 0 unspecified atom stereocenters. The zero-order valence-electron chi connectivity index (χ0n) is 8.24. The molecule has 0 fully saturated rings. The van der Waals surface area contributed by atoms with Crippen molar-refractivity contribution < 1.29 is 4.74 Å². The van der Waals surface area contributed by atoms with Crippen LogP contribution in [0.1, 0.15) is 5.69 Å². The van der Waals surface area contributed by atoms with Gasteiger partial charge in [0.1, 0.15) is 0 Å². The molecule has 14 heavy (non-hydrogen) atoms. The van der Waals surface area contributed by atoms with E-state index in [9.17, 15) is 0 Å². The van der Waals surface area contributed by atoms with E-state index in [1.165, 1.54) is 0 Å². The number of anilines is 1. The van der Waals surface area contributed by atoms with Gasteiger partial charge in [-0.2, -0.15) is 0 Å². The first-order valence-electron chi connectivity index (χ1n) is 4.43. The van der Waals surface area contributed by atoms with E-state index >= 15 is 0 Å². The Balaban J connectivity index is 2.86. The van der Waals surface area contributed by atoms with Crippen LogP contribution in [0.2, 0.25) is 0 Å². The highest BCUT2D eigenvalue weighted by atomic mass is 16.5. The van der Waals surface area contributed by atoms with Crippen molar-refractivity contribution >= 4 is 16.6 Å². The largest absolute Gasteiger partial charge is 0.493 e. The Morgan fingerprint density at radius 3 is 2.71 bits per heavy atom. The molecule has 2 aromatic rings. The van der Waals surface area contributed by atoms with E-state index in [1.807, 2.05) is 31.2 Å². The van der Waals surface area contributed by atoms with Gasteiger partial charge in [0.2, 0.25) is 0 Å². The molecule has 0 aliphatic carbocycles. The number of nitrogens with zero attached hydrogens (tertiary/aromatic N) is 1. The topological polar surface area (TPSA) is 48.1 Å². The summed E-state index contributed by atoms with van der Waals surface area (Å²) in [6, 6.07) is 7.77. The molecule has 1 aromatic heterocycles. The van der Waals surface area contributed by atoms with E-state index in [-0.39, 0.29) is 0 Å². The minimum atomic E-state index is 0.663. The van der Waals surface area contributed by atoms with Gasteiger partial charge in [-0.1, -0.05) is 18.2 Å². The molecule has 3 nitrogen and oxygen atoms in total. The number of nitrogens with two attached hydrogens (primary N) is 1. The third kappa shape index (κ3) is 1.18. The number of fused-ring (bicyclic) bond motifs is 1. The van der Waals surface area contributed by atoms with Crippen molar-refractivity contribution in [1.82, 2.24) is 4.98 Å². The summed E-state index contributed by atoms with van der Waals surface area (Å²) in [5, 5.41) is 0.940. The van der Waals surface area contributed by atoms with Gasteiger partial charge in [-0.3, -0.25) is 0 Å². The molecule has 0 atom stereocenters. The van der Waals surface area contributed by atoms with Crippen molar-refractivity contribution in [1.29, 1.82) is 0 Å². The van der Waals surface area contributed by atoms with Crippen LogP contribution in [-0.2, 0) is 0 Å². The Morgan fingerprint density at radius 1 is 1.29 bits per heavy atom. The normalized spacial score (nSPS) is 10.4. The number of benzene rings is 1. The van der Waals surface area contributed by atoms with Gasteiger partial charge in [-0.25, -0.2) is 4.98 Å². The molecule has 0 bridgehead atoms. The van der Waals surface area contributed by atoms with Crippen LogP contribution in [0.3, 0.4) is 0 Å². The minimum Gasteiger partial charge on any atom is -0.493 e. The molecular formula is C11H12N2O. The molecule has 3 heteroatoms. The molecule has 1 aromatic carbocycles. The van der Waals surface area contributed by atoms with E-state index in [1.54, 1.807) is 7.11 Å². The van der Waals surface area contributed by atoms with Crippen molar-refractivity contribution in [3.8, 4) is 5.75 Å². The summed E-state index contributed by atoms with van der Waals surface area (Å²) in [5.74, 6) is 0.670. The summed E-state index contributed by atoms with van der Waals surface area (Å²) >= 11 is 0. The number of hydrogen-bond acceptors (Lipinski definition) is 3. The van der Waals surface area contributed by atoms with Crippen LogP contribution >= 0.6 is 0 Å². The highest BCUT2D eigenvalue weighted by Gasteiger charge is 2.08. The van der Waals surface area contributed by atoms with Gasteiger partial charge in [0.05, 0.1) is 24.0 Å². The fourth-order valence-corrected chi connectivity index (χ4v) is 1.61. The fourth-order valence-electron chi connectivity index (χ4n) is 1.61. The molecule has 0 amide bonds. The van der Waals surface area contributed by atoms with Crippen LogP contribution in [0.4, 0.5) is 5.69 Å². The Bertz CT molecular complexity index is 480. The van der Waals surface area contributed by atoms with Crippen LogP contribution in [-0.4, -0.2) is 12.1 Å². The number of methoxy groups -OCH3 is 1. The van der Waals surface area contributed by atoms with E-state index < -0.39 is 0 Å². The SMILES string of the molecule is COc1c(C)nc2ccccc2c1N. The first kappa shape index (κ1) is 8.81. The summed E-state index contributed by atoms with van der Waals surface area (Å²) in [6.45, 7) is 1.89. The number of aryl methyl sites for hydroxylation is 1. The van der Waals surface area contributed by atoms with Crippen LogP contribution in [0.15, 0.2) is 24.3 Å². The lowest BCUT2D eigenvalue weighted by molar-refractivity contribution is 0.412. The minimum absolute atomic E-state index is 0.663. The summed E-state index contributed by atoms with van der Waals surface area (Å²) in [6.07, 6.45) is 0. The molecule has 0 aliphatic rings. The molecule has 0 saturated heterocycles. The Morgan fingerprint density at radius 2 is 2.00 bits per heavy atom. The highest BCUT2D eigenvalue weighted by Crippen LogP contribution is 2.31. The van der Waals surface area contributed by atoms with Crippen LogP contribution < -0.4 is 10.5 Å². The van der Waals surface area contributed by atoms with Gasteiger partial charge >= 0.3 is 0 Å². The summed E-state index contributed by atoms with van der Waals surface area (Å²) in [4.78, 5) is 4.40. The van der Waals surface area contributed by atoms with Crippen molar-refractivity contribution in [3.63, 3.8) is 0 Å². The van der Waals surface area contributed by atoms with Crippen LogP contribution in [0.5, 0.6) is 5.75 Å². The van der Waals surface area contributed by atoms with Gasteiger partial charge in [0.15, 0.2) is 5.75 Å². The quantitative estimate of drug-likeness (QED) is 0.745. The maximum Gasteiger partial charge on any atom is 0.163 e. The van der Waals surface area contributed by atoms with Gasteiger partial charge in [-0.15, -0.1) is 0 Å². The van der Waals surface area contributed by atoms with E-state index in [0.717, 1.165) is 16.6 Å². The standard InChI is InChI=1S/C11H12N2O/c1-7-11(14-2)10(12)8-5-3-4-6-9(8)13-7/h3-6H,1-2H3,(H2,12,13). The number of aromatic nitrogens is 1. The predicted octanol–water partition coefficient (Wildman–Crippen LogP) is 2.13. The van der Waals surface area contributed by atoms with Crippen LogP contribution in [0.25, 0.3) is 10.9 Å². The maximum atomic E-state index is 5.97. The van der Waals surface area contributed by atoms with Crippen molar-refractivity contribution in [2.24, 2.45) is 0 Å². The Hall–Kier alpha value is -1.77. The van der Waals surface area contributed by atoms with Gasteiger partial charge in [0, 0.05) is 5.39 Å². The lowest BCUT2D eigenvalue weighted by Gasteiger charge is -2.09. The number of ether oxygens (including phenoxy) is 1. The lowest BCUT2D eigenvalue weighted by Crippen LogP contribution is -1.98.